The second kappa shape index (κ2) is 6.43. The van der Waals surface area contributed by atoms with E-state index in [1.165, 1.54) is 0 Å². The number of ether oxygens (including phenoxy) is 1. The van der Waals surface area contributed by atoms with Crippen LogP contribution in [-0.4, -0.2) is 22.7 Å². The number of hydrogen-bond acceptors (Lipinski definition) is 4. The summed E-state index contributed by atoms with van der Waals surface area (Å²) in [6, 6.07) is 7.11. The Morgan fingerprint density at radius 3 is 2.71 bits per heavy atom. The van der Waals surface area contributed by atoms with Gasteiger partial charge in [-0.1, -0.05) is 6.92 Å². The van der Waals surface area contributed by atoms with Crippen molar-refractivity contribution in [3.8, 4) is 5.75 Å². The molecule has 0 saturated carbocycles. The van der Waals surface area contributed by atoms with E-state index in [0.717, 1.165) is 24.4 Å². The average molecular weight is 287 g/mol. The Bertz CT molecular complexity index is 647. The molecule has 0 aliphatic heterocycles. The number of rotatable bonds is 6. The van der Waals surface area contributed by atoms with Gasteiger partial charge < -0.3 is 10.5 Å². The summed E-state index contributed by atoms with van der Waals surface area (Å²) >= 11 is 0. The van der Waals surface area contributed by atoms with Crippen LogP contribution < -0.4 is 10.5 Å². The van der Waals surface area contributed by atoms with Gasteiger partial charge in [-0.3, -0.25) is 9.48 Å². The van der Waals surface area contributed by atoms with Gasteiger partial charge in [0.25, 0.3) is 0 Å². The summed E-state index contributed by atoms with van der Waals surface area (Å²) in [6.07, 6.45) is 1.15. The van der Waals surface area contributed by atoms with Crippen molar-refractivity contribution in [3.63, 3.8) is 0 Å². The van der Waals surface area contributed by atoms with E-state index in [-0.39, 0.29) is 12.2 Å². The number of benzene rings is 1. The minimum absolute atomic E-state index is 0.0244. The molecule has 0 bridgehead atoms. The van der Waals surface area contributed by atoms with Gasteiger partial charge in [-0.25, -0.2) is 0 Å². The van der Waals surface area contributed by atoms with Crippen LogP contribution in [0.25, 0.3) is 0 Å². The van der Waals surface area contributed by atoms with Gasteiger partial charge in [0.05, 0.1) is 19.2 Å². The lowest BCUT2D eigenvalue weighted by atomic mass is 10.0. The topological polar surface area (TPSA) is 70.1 Å². The largest absolute Gasteiger partial charge is 0.497 e. The molecule has 1 aromatic heterocycles. The predicted molar refractivity (Wildman–Crippen MR) is 82.7 cm³/mol. The van der Waals surface area contributed by atoms with Crippen molar-refractivity contribution >= 4 is 11.5 Å². The monoisotopic (exact) mass is 287 g/mol. The number of anilines is 1. The summed E-state index contributed by atoms with van der Waals surface area (Å²) in [7, 11) is 1.57. The van der Waals surface area contributed by atoms with Crippen LogP contribution in [-0.2, 0) is 19.4 Å². The van der Waals surface area contributed by atoms with Gasteiger partial charge >= 0.3 is 0 Å². The van der Waals surface area contributed by atoms with E-state index in [2.05, 4.69) is 5.10 Å². The first kappa shape index (κ1) is 15.1. The molecule has 0 amide bonds. The smallest absolute Gasteiger partial charge is 0.171 e. The summed E-state index contributed by atoms with van der Waals surface area (Å²) in [5, 5.41) is 4.46. The Morgan fingerprint density at radius 1 is 1.33 bits per heavy atom. The molecule has 2 rings (SSSR count). The molecule has 2 aromatic rings. The number of nitrogens with zero attached hydrogens (tertiary/aromatic N) is 2. The summed E-state index contributed by atoms with van der Waals surface area (Å²) in [5.74, 6) is 0.606. The molecule has 0 unspecified atom stereocenters. The van der Waals surface area contributed by atoms with Crippen LogP contribution in [0.5, 0.6) is 5.75 Å². The highest BCUT2D eigenvalue weighted by Crippen LogP contribution is 2.21. The molecule has 2 N–H and O–H groups in total. The van der Waals surface area contributed by atoms with Crippen LogP contribution in [0.1, 0.15) is 35.6 Å². The number of carbonyl (C=O) groups is 1. The van der Waals surface area contributed by atoms with Crippen molar-refractivity contribution in [2.75, 3.05) is 12.8 Å². The number of carbonyl (C=O) groups excluding carboxylic acids is 1. The fourth-order valence-corrected chi connectivity index (χ4v) is 2.27. The number of aromatic nitrogens is 2. The standard InChI is InChI=1S/C16H21N3O2/c1-4-11-8-12(19(5-2)18-11)9-16(20)14-10-13(21-3)6-7-15(14)17/h6-8,10H,4-5,9,17H2,1-3H3. The van der Waals surface area contributed by atoms with Gasteiger partial charge in [0.1, 0.15) is 5.75 Å². The molecular weight excluding hydrogens is 266 g/mol. The third kappa shape index (κ3) is 3.24. The molecule has 21 heavy (non-hydrogen) atoms. The SMILES string of the molecule is CCc1cc(CC(=O)c2cc(OC)ccc2N)n(CC)n1. The van der Waals surface area contributed by atoms with Gasteiger partial charge in [0.2, 0.25) is 0 Å². The first-order chi connectivity index (χ1) is 10.1. The summed E-state index contributed by atoms with van der Waals surface area (Å²) in [5.41, 5.74) is 8.79. The molecule has 0 radical (unpaired) electrons. The minimum atomic E-state index is -0.0244. The Kier molecular flexibility index (Phi) is 4.62. The second-order valence-electron chi connectivity index (χ2n) is 4.85. The molecule has 0 aliphatic carbocycles. The number of nitrogens with two attached hydrogens (primary N) is 1. The highest BCUT2D eigenvalue weighted by atomic mass is 16.5. The highest BCUT2D eigenvalue weighted by molar-refractivity contribution is 6.02. The number of aryl methyl sites for hydroxylation is 2. The zero-order valence-corrected chi connectivity index (χ0v) is 12.7. The van der Waals surface area contributed by atoms with Crippen LogP contribution in [0.3, 0.4) is 0 Å². The van der Waals surface area contributed by atoms with Crippen molar-refractivity contribution in [3.05, 3.63) is 41.2 Å². The molecule has 0 saturated heterocycles. The maximum atomic E-state index is 12.5. The van der Waals surface area contributed by atoms with Gasteiger partial charge in [0.15, 0.2) is 5.78 Å². The van der Waals surface area contributed by atoms with Gasteiger partial charge in [-0.2, -0.15) is 5.10 Å². The van der Waals surface area contributed by atoms with E-state index >= 15 is 0 Å². The third-order valence-corrected chi connectivity index (χ3v) is 3.48. The molecule has 112 valence electrons. The number of nitrogen functional groups attached to an aromatic ring is 1. The normalized spacial score (nSPS) is 10.6. The lowest BCUT2D eigenvalue weighted by Gasteiger charge is -2.08. The van der Waals surface area contributed by atoms with Crippen LogP contribution in [0.4, 0.5) is 5.69 Å². The van der Waals surface area contributed by atoms with E-state index < -0.39 is 0 Å². The zero-order valence-electron chi connectivity index (χ0n) is 12.7. The summed E-state index contributed by atoms with van der Waals surface area (Å²) < 4.78 is 7.02. The third-order valence-electron chi connectivity index (χ3n) is 3.48. The number of Topliss-reactive ketones (excluding diaryl/α,β-unsaturated/α-hetero) is 1. The van der Waals surface area contributed by atoms with E-state index in [0.29, 0.717) is 17.0 Å². The number of hydrogen-bond donors (Lipinski definition) is 1. The van der Waals surface area contributed by atoms with Crippen molar-refractivity contribution in [2.24, 2.45) is 0 Å². The van der Waals surface area contributed by atoms with Crippen LogP contribution in [0.2, 0.25) is 0 Å². The molecular formula is C16H21N3O2. The Labute approximate surface area is 124 Å². The summed E-state index contributed by atoms with van der Waals surface area (Å²) in [4.78, 5) is 12.5. The average Bonchev–Trinajstić information content (AvgIpc) is 2.89. The first-order valence-corrected chi connectivity index (χ1v) is 7.11. The highest BCUT2D eigenvalue weighted by Gasteiger charge is 2.15. The molecule has 0 aliphatic rings. The quantitative estimate of drug-likeness (QED) is 0.654. The van der Waals surface area contributed by atoms with Gasteiger partial charge in [0, 0.05) is 23.5 Å². The van der Waals surface area contributed by atoms with Crippen LogP contribution >= 0.6 is 0 Å². The number of methoxy groups -OCH3 is 1. The van der Waals surface area contributed by atoms with Crippen LogP contribution in [0, 0.1) is 0 Å². The van der Waals surface area contributed by atoms with Crippen molar-refractivity contribution in [2.45, 2.75) is 33.2 Å². The van der Waals surface area contributed by atoms with Crippen LogP contribution in [0.15, 0.2) is 24.3 Å². The molecule has 1 heterocycles. The zero-order chi connectivity index (χ0) is 15.4. The lowest BCUT2D eigenvalue weighted by Crippen LogP contribution is -2.11. The number of ketones is 1. The van der Waals surface area contributed by atoms with Gasteiger partial charge in [-0.15, -0.1) is 0 Å². The van der Waals surface area contributed by atoms with Crippen molar-refractivity contribution in [1.29, 1.82) is 0 Å². The molecule has 1 aromatic carbocycles. The van der Waals surface area contributed by atoms with E-state index in [4.69, 9.17) is 10.5 Å². The van der Waals surface area contributed by atoms with E-state index in [1.54, 1.807) is 25.3 Å². The Morgan fingerprint density at radius 2 is 2.10 bits per heavy atom. The Balaban J connectivity index is 2.27. The lowest BCUT2D eigenvalue weighted by molar-refractivity contribution is 0.0991. The fraction of sp³-hybridized carbons (Fsp3) is 0.375. The molecule has 5 nitrogen and oxygen atoms in total. The molecule has 0 spiro atoms. The maximum Gasteiger partial charge on any atom is 0.171 e. The maximum absolute atomic E-state index is 12.5. The van der Waals surface area contributed by atoms with E-state index in [1.807, 2.05) is 24.6 Å². The van der Waals surface area contributed by atoms with Gasteiger partial charge in [-0.05, 0) is 37.6 Å². The molecule has 0 atom stereocenters. The minimum Gasteiger partial charge on any atom is -0.497 e. The van der Waals surface area contributed by atoms with E-state index in [9.17, 15) is 4.79 Å². The predicted octanol–water partition coefficient (Wildman–Crippen LogP) is 2.48. The molecule has 5 heteroatoms. The first-order valence-electron chi connectivity index (χ1n) is 7.11. The Hall–Kier alpha value is -2.30. The summed E-state index contributed by atoms with van der Waals surface area (Å²) in [6.45, 7) is 4.81. The van der Waals surface area contributed by atoms with Crippen molar-refractivity contribution < 1.29 is 9.53 Å². The second-order valence-corrected chi connectivity index (χ2v) is 4.85. The fourth-order valence-electron chi connectivity index (χ4n) is 2.27. The molecule has 0 fully saturated rings. The van der Waals surface area contributed by atoms with Crippen molar-refractivity contribution in [1.82, 2.24) is 9.78 Å².